The number of hydrogen-bond donors (Lipinski definition) is 2. The van der Waals surface area contributed by atoms with Crippen LogP contribution in [0.5, 0.6) is 17.2 Å². The molecular weight excluding hydrogens is 246 g/mol. The van der Waals surface area contributed by atoms with Crippen LogP contribution >= 0.6 is 0 Å². The van der Waals surface area contributed by atoms with Crippen molar-refractivity contribution in [3.05, 3.63) is 17.7 Å². The molecule has 0 spiro atoms. The first-order valence-corrected chi connectivity index (χ1v) is 6.26. The van der Waals surface area contributed by atoms with Gasteiger partial charge < -0.3 is 25.1 Å². The normalized spacial score (nSPS) is 25.0. The van der Waals surface area contributed by atoms with Crippen LogP contribution < -0.4 is 19.9 Å². The molecule has 1 aliphatic carbocycles. The van der Waals surface area contributed by atoms with Gasteiger partial charge in [-0.3, -0.25) is 0 Å². The van der Waals surface area contributed by atoms with E-state index in [2.05, 4.69) is 0 Å². The van der Waals surface area contributed by atoms with Crippen molar-refractivity contribution in [1.82, 2.24) is 0 Å². The smallest absolute Gasteiger partial charge is 0.129 e. The highest BCUT2D eigenvalue weighted by molar-refractivity contribution is 5.55. The molecule has 0 aromatic heterocycles. The third kappa shape index (κ3) is 2.24. The number of aliphatic hydroxyl groups is 1. The van der Waals surface area contributed by atoms with E-state index in [1.54, 1.807) is 21.3 Å². The molecule has 1 saturated carbocycles. The SMILES string of the molecule is COc1cc(OC)c([C@@H]2C[C@@]2(CN)CO)c(OC)c1. The highest BCUT2D eigenvalue weighted by atomic mass is 16.5. The summed E-state index contributed by atoms with van der Waals surface area (Å²) in [5.41, 5.74) is 6.50. The number of nitrogens with two attached hydrogens (primary N) is 1. The van der Waals surface area contributed by atoms with Crippen LogP contribution in [0.2, 0.25) is 0 Å². The van der Waals surface area contributed by atoms with Gasteiger partial charge in [0.25, 0.3) is 0 Å². The van der Waals surface area contributed by atoms with Gasteiger partial charge in [-0.05, 0) is 6.42 Å². The second-order valence-corrected chi connectivity index (χ2v) is 4.93. The van der Waals surface area contributed by atoms with Crippen LogP contribution in [0, 0.1) is 5.41 Å². The topological polar surface area (TPSA) is 73.9 Å². The Kier molecular flexibility index (Phi) is 3.87. The van der Waals surface area contributed by atoms with E-state index in [0.29, 0.717) is 23.8 Å². The lowest BCUT2D eigenvalue weighted by atomic mass is 9.98. The van der Waals surface area contributed by atoms with Crippen LogP contribution in [0.1, 0.15) is 17.9 Å². The van der Waals surface area contributed by atoms with E-state index in [4.69, 9.17) is 19.9 Å². The molecule has 1 aromatic carbocycles. The summed E-state index contributed by atoms with van der Waals surface area (Å²) >= 11 is 0. The zero-order valence-electron chi connectivity index (χ0n) is 11.6. The molecule has 1 aromatic rings. The highest BCUT2D eigenvalue weighted by Gasteiger charge is 2.55. The second kappa shape index (κ2) is 5.27. The number of ether oxygens (including phenoxy) is 3. The van der Waals surface area contributed by atoms with Gasteiger partial charge in [0.05, 0.1) is 27.9 Å². The molecule has 2 rings (SSSR count). The minimum absolute atomic E-state index is 0.0759. The first-order chi connectivity index (χ1) is 9.15. The Hall–Kier alpha value is -1.46. The van der Waals surface area contributed by atoms with Gasteiger partial charge >= 0.3 is 0 Å². The summed E-state index contributed by atoms with van der Waals surface area (Å²) in [6, 6.07) is 3.66. The summed E-state index contributed by atoms with van der Waals surface area (Å²) in [6.07, 6.45) is 0.846. The van der Waals surface area contributed by atoms with Gasteiger partial charge in [0.2, 0.25) is 0 Å². The summed E-state index contributed by atoms with van der Waals surface area (Å²) in [5, 5.41) is 9.53. The van der Waals surface area contributed by atoms with Crippen molar-refractivity contribution < 1.29 is 19.3 Å². The maximum absolute atomic E-state index is 9.53. The fraction of sp³-hybridized carbons (Fsp3) is 0.571. The standard InChI is InChI=1S/C14H21NO4/c1-17-9-4-11(18-2)13(12(5-9)19-3)10-6-14(10,7-15)8-16/h4-5,10,16H,6-8,15H2,1-3H3/t10-,14+/m0/s1. The van der Waals surface area contributed by atoms with E-state index >= 15 is 0 Å². The number of methoxy groups -OCH3 is 3. The van der Waals surface area contributed by atoms with Crippen molar-refractivity contribution in [2.24, 2.45) is 11.1 Å². The molecule has 0 bridgehead atoms. The summed E-state index contributed by atoms with van der Waals surface area (Å²) in [4.78, 5) is 0. The minimum Gasteiger partial charge on any atom is -0.496 e. The molecule has 1 aliphatic rings. The Morgan fingerprint density at radius 1 is 1.21 bits per heavy atom. The highest BCUT2D eigenvalue weighted by Crippen LogP contribution is 2.62. The Morgan fingerprint density at radius 2 is 1.79 bits per heavy atom. The maximum Gasteiger partial charge on any atom is 0.129 e. The zero-order valence-corrected chi connectivity index (χ0v) is 11.6. The van der Waals surface area contributed by atoms with Crippen LogP contribution in [-0.2, 0) is 0 Å². The lowest BCUT2D eigenvalue weighted by Crippen LogP contribution is -2.21. The van der Waals surface area contributed by atoms with Crippen LogP contribution in [0.4, 0.5) is 0 Å². The van der Waals surface area contributed by atoms with E-state index in [9.17, 15) is 5.11 Å². The van der Waals surface area contributed by atoms with E-state index in [-0.39, 0.29) is 17.9 Å². The molecule has 5 heteroatoms. The monoisotopic (exact) mass is 267 g/mol. The quantitative estimate of drug-likeness (QED) is 0.808. The van der Waals surface area contributed by atoms with Crippen molar-refractivity contribution in [2.45, 2.75) is 12.3 Å². The molecule has 0 radical (unpaired) electrons. The van der Waals surface area contributed by atoms with Crippen molar-refractivity contribution in [2.75, 3.05) is 34.5 Å². The molecule has 2 atom stereocenters. The summed E-state index contributed by atoms with van der Waals surface area (Å²) in [7, 11) is 4.83. The van der Waals surface area contributed by atoms with Gasteiger partial charge in [0, 0.05) is 35.6 Å². The maximum atomic E-state index is 9.53. The summed E-state index contributed by atoms with van der Waals surface area (Å²) < 4.78 is 16.1. The van der Waals surface area contributed by atoms with Gasteiger partial charge in [-0.15, -0.1) is 0 Å². The Labute approximate surface area is 113 Å². The Bertz CT molecular complexity index is 432. The lowest BCUT2D eigenvalue weighted by Gasteiger charge is -2.18. The van der Waals surface area contributed by atoms with Crippen LogP contribution in [-0.4, -0.2) is 39.6 Å². The lowest BCUT2D eigenvalue weighted by molar-refractivity contribution is 0.210. The molecule has 5 nitrogen and oxygen atoms in total. The van der Waals surface area contributed by atoms with Crippen LogP contribution in [0.3, 0.4) is 0 Å². The Morgan fingerprint density at radius 3 is 2.11 bits per heavy atom. The largest absolute Gasteiger partial charge is 0.496 e. The first kappa shape index (κ1) is 14.0. The predicted octanol–water partition coefficient (Wildman–Crippen LogP) is 1.14. The van der Waals surface area contributed by atoms with E-state index in [1.165, 1.54) is 0 Å². The number of hydrogen-bond acceptors (Lipinski definition) is 5. The molecule has 0 amide bonds. The molecular formula is C14H21NO4. The van der Waals surface area contributed by atoms with Gasteiger partial charge in [0.1, 0.15) is 17.2 Å². The fourth-order valence-corrected chi connectivity index (χ4v) is 2.60. The molecule has 0 unspecified atom stereocenters. The summed E-state index contributed by atoms with van der Waals surface area (Å²) in [5.74, 6) is 2.27. The molecule has 0 aliphatic heterocycles. The van der Waals surface area contributed by atoms with Crippen molar-refractivity contribution in [1.29, 1.82) is 0 Å². The second-order valence-electron chi connectivity index (χ2n) is 4.93. The van der Waals surface area contributed by atoms with E-state index in [1.807, 2.05) is 12.1 Å². The molecule has 19 heavy (non-hydrogen) atoms. The average Bonchev–Trinajstić information content (AvgIpc) is 3.20. The van der Waals surface area contributed by atoms with Gasteiger partial charge in [0.15, 0.2) is 0 Å². The minimum atomic E-state index is -0.241. The van der Waals surface area contributed by atoms with Crippen molar-refractivity contribution in [3.63, 3.8) is 0 Å². The molecule has 1 fully saturated rings. The van der Waals surface area contributed by atoms with Gasteiger partial charge in [-0.2, -0.15) is 0 Å². The third-order valence-electron chi connectivity index (χ3n) is 4.01. The summed E-state index contributed by atoms with van der Waals surface area (Å²) in [6.45, 7) is 0.527. The number of rotatable bonds is 6. The molecule has 3 N–H and O–H groups in total. The average molecular weight is 267 g/mol. The number of benzene rings is 1. The van der Waals surface area contributed by atoms with Crippen molar-refractivity contribution in [3.8, 4) is 17.2 Å². The molecule has 0 saturated heterocycles. The zero-order chi connectivity index (χ0) is 14.0. The van der Waals surface area contributed by atoms with E-state index < -0.39 is 0 Å². The van der Waals surface area contributed by atoms with Crippen LogP contribution in [0.25, 0.3) is 0 Å². The van der Waals surface area contributed by atoms with Gasteiger partial charge in [-0.25, -0.2) is 0 Å². The van der Waals surface area contributed by atoms with Crippen LogP contribution in [0.15, 0.2) is 12.1 Å². The molecule has 0 heterocycles. The number of aliphatic hydroxyl groups excluding tert-OH is 1. The third-order valence-corrected chi connectivity index (χ3v) is 4.01. The van der Waals surface area contributed by atoms with Gasteiger partial charge in [-0.1, -0.05) is 0 Å². The van der Waals surface area contributed by atoms with E-state index in [0.717, 1.165) is 12.0 Å². The Balaban J connectivity index is 2.45. The fourth-order valence-electron chi connectivity index (χ4n) is 2.60. The first-order valence-electron chi connectivity index (χ1n) is 6.26. The molecule has 106 valence electrons. The van der Waals surface area contributed by atoms with Crippen molar-refractivity contribution >= 4 is 0 Å². The predicted molar refractivity (Wildman–Crippen MR) is 72.0 cm³/mol.